The number of hydrogen-bond acceptors (Lipinski definition) is 3. The van der Waals surface area contributed by atoms with Gasteiger partial charge in [0.05, 0.1) is 12.2 Å². The minimum absolute atomic E-state index is 0.205. The number of rotatable bonds is 2. The monoisotopic (exact) mass is 254 g/mol. The van der Waals surface area contributed by atoms with Crippen LogP contribution in [0.4, 0.5) is 11.4 Å². The van der Waals surface area contributed by atoms with Gasteiger partial charge in [-0.3, -0.25) is 0 Å². The van der Waals surface area contributed by atoms with Crippen molar-refractivity contribution in [3.63, 3.8) is 0 Å². The zero-order valence-corrected chi connectivity index (χ0v) is 11.0. The summed E-state index contributed by atoms with van der Waals surface area (Å²) in [5.74, 6) is 0.963. The normalized spacial score (nSPS) is 17.7. The molecule has 98 valence electrons. The Labute approximate surface area is 113 Å². The van der Waals surface area contributed by atoms with Crippen LogP contribution in [0.3, 0.4) is 0 Å². The zero-order valence-electron chi connectivity index (χ0n) is 11.0. The summed E-state index contributed by atoms with van der Waals surface area (Å²) in [5.41, 5.74) is 9.04. The van der Waals surface area contributed by atoms with Gasteiger partial charge in [-0.2, -0.15) is 0 Å². The van der Waals surface area contributed by atoms with Gasteiger partial charge in [-0.05, 0) is 36.8 Å². The first kappa shape index (κ1) is 11.9. The molecule has 0 fully saturated rings. The standard InChI is InChI=1S/C16H18N2O/c1-12-10-18(11-13-5-4-6-14(17)9-13)15-7-2-3-8-16(15)19-12/h2-9,12H,10-11,17H2,1H3. The fourth-order valence-electron chi connectivity index (χ4n) is 2.54. The van der Waals surface area contributed by atoms with Crippen molar-refractivity contribution in [1.82, 2.24) is 0 Å². The van der Waals surface area contributed by atoms with Crippen molar-refractivity contribution in [1.29, 1.82) is 0 Å². The molecule has 3 heteroatoms. The molecule has 2 aromatic carbocycles. The van der Waals surface area contributed by atoms with Crippen molar-refractivity contribution in [3.8, 4) is 5.75 Å². The molecule has 0 bridgehead atoms. The highest BCUT2D eigenvalue weighted by Crippen LogP contribution is 2.33. The van der Waals surface area contributed by atoms with E-state index < -0.39 is 0 Å². The van der Waals surface area contributed by atoms with Crippen molar-refractivity contribution >= 4 is 11.4 Å². The number of para-hydroxylation sites is 2. The van der Waals surface area contributed by atoms with Crippen LogP contribution in [0, 0.1) is 0 Å². The molecule has 3 rings (SSSR count). The van der Waals surface area contributed by atoms with Gasteiger partial charge in [0.1, 0.15) is 11.9 Å². The molecule has 0 aliphatic carbocycles. The number of ether oxygens (including phenoxy) is 1. The number of hydrogen-bond donors (Lipinski definition) is 1. The lowest BCUT2D eigenvalue weighted by Gasteiger charge is -2.35. The van der Waals surface area contributed by atoms with E-state index in [4.69, 9.17) is 10.5 Å². The lowest BCUT2D eigenvalue weighted by atomic mass is 10.1. The Morgan fingerprint density at radius 3 is 2.89 bits per heavy atom. The number of fused-ring (bicyclic) bond motifs is 1. The van der Waals surface area contributed by atoms with Crippen LogP contribution in [-0.4, -0.2) is 12.6 Å². The third-order valence-electron chi connectivity index (χ3n) is 3.34. The van der Waals surface area contributed by atoms with E-state index in [2.05, 4.69) is 24.0 Å². The van der Waals surface area contributed by atoms with Crippen LogP contribution in [0.2, 0.25) is 0 Å². The third-order valence-corrected chi connectivity index (χ3v) is 3.34. The second kappa shape index (κ2) is 4.84. The Balaban J connectivity index is 1.89. The van der Waals surface area contributed by atoms with Crippen LogP contribution >= 0.6 is 0 Å². The number of anilines is 2. The molecular formula is C16H18N2O. The minimum atomic E-state index is 0.205. The van der Waals surface area contributed by atoms with Crippen LogP contribution < -0.4 is 15.4 Å². The molecular weight excluding hydrogens is 236 g/mol. The van der Waals surface area contributed by atoms with Crippen molar-refractivity contribution in [2.75, 3.05) is 17.2 Å². The van der Waals surface area contributed by atoms with E-state index in [9.17, 15) is 0 Å². The van der Waals surface area contributed by atoms with Crippen LogP contribution in [-0.2, 0) is 6.54 Å². The number of nitrogens with zero attached hydrogens (tertiary/aromatic N) is 1. The summed E-state index contributed by atoms with van der Waals surface area (Å²) in [5, 5.41) is 0. The summed E-state index contributed by atoms with van der Waals surface area (Å²) < 4.78 is 5.86. The van der Waals surface area contributed by atoms with Gasteiger partial charge in [-0.15, -0.1) is 0 Å². The molecule has 0 saturated heterocycles. The second-order valence-electron chi connectivity index (χ2n) is 5.02. The van der Waals surface area contributed by atoms with E-state index in [-0.39, 0.29) is 6.10 Å². The van der Waals surface area contributed by atoms with Gasteiger partial charge in [0.15, 0.2) is 0 Å². The van der Waals surface area contributed by atoms with E-state index in [1.165, 1.54) is 5.56 Å². The van der Waals surface area contributed by atoms with Gasteiger partial charge in [0.25, 0.3) is 0 Å². The van der Waals surface area contributed by atoms with Crippen molar-refractivity contribution in [2.24, 2.45) is 0 Å². The average Bonchev–Trinajstić information content (AvgIpc) is 2.38. The molecule has 2 N–H and O–H groups in total. The third kappa shape index (κ3) is 2.50. The molecule has 3 nitrogen and oxygen atoms in total. The van der Waals surface area contributed by atoms with E-state index in [0.717, 1.165) is 30.2 Å². The molecule has 0 radical (unpaired) electrons. The maximum Gasteiger partial charge on any atom is 0.143 e. The predicted molar refractivity (Wildman–Crippen MR) is 78.4 cm³/mol. The highest BCUT2D eigenvalue weighted by atomic mass is 16.5. The number of benzene rings is 2. The Morgan fingerprint density at radius 1 is 1.21 bits per heavy atom. The van der Waals surface area contributed by atoms with Gasteiger partial charge in [-0.1, -0.05) is 24.3 Å². The fraction of sp³-hybridized carbons (Fsp3) is 0.250. The molecule has 0 aromatic heterocycles. The minimum Gasteiger partial charge on any atom is -0.487 e. The molecule has 19 heavy (non-hydrogen) atoms. The molecule has 0 saturated carbocycles. The summed E-state index contributed by atoms with van der Waals surface area (Å²) in [6, 6.07) is 16.2. The molecule has 1 unspecified atom stereocenters. The fourth-order valence-corrected chi connectivity index (χ4v) is 2.54. The van der Waals surface area contributed by atoms with Gasteiger partial charge >= 0.3 is 0 Å². The van der Waals surface area contributed by atoms with Crippen molar-refractivity contribution in [2.45, 2.75) is 19.6 Å². The first-order chi connectivity index (χ1) is 9.22. The Morgan fingerprint density at radius 2 is 2.05 bits per heavy atom. The second-order valence-corrected chi connectivity index (χ2v) is 5.02. The Bertz CT molecular complexity index is 582. The molecule has 1 aliphatic heterocycles. The molecule has 2 aromatic rings. The molecule has 0 amide bonds. The van der Waals surface area contributed by atoms with Crippen LogP contribution in [0.5, 0.6) is 5.75 Å². The van der Waals surface area contributed by atoms with Gasteiger partial charge < -0.3 is 15.4 Å². The van der Waals surface area contributed by atoms with E-state index in [0.29, 0.717) is 0 Å². The first-order valence-electron chi connectivity index (χ1n) is 6.57. The SMILES string of the molecule is CC1CN(Cc2cccc(N)c2)c2ccccc2O1. The maximum absolute atomic E-state index is 5.86. The van der Waals surface area contributed by atoms with Crippen molar-refractivity contribution < 1.29 is 4.74 Å². The topological polar surface area (TPSA) is 38.5 Å². The van der Waals surface area contributed by atoms with Gasteiger partial charge in [0.2, 0.25) is 0 Å². The van der Waals surface area contributed by atoms with Crippen molar-refractivity contribution in [3.05, 3.63) is 54.1 Å². The lowest BCUT2D eigenvalue weighted by molar-refractivity contribution is 0.212. The quantitative estimate of drug-likeness (QED) is 0.837. The van der Waals surface area contributed by atoms with E-state index >= 15 is 0 Å². The summed E-state index contributed by atoms with van der Waals surface area (Å²) in [7, 11) is 0. The molecule has 1 heterocycles. The number of nitrogen functional groups attached to an aromatic ring is 1. The van der Waals surface area contributed by atoms with Gasteiger partial charge in [-0.25, -0.2) is 0 Å². The van der Waals surface area contributed by atoms with Gasteiger partial charge in [0, 0.05) is 12.2 Å². The highest BCUT2D eigenvalue weighted by molar-refractivity contribution is 5.60. The largest absolute Gasteiger partial charge is 0.487 e. The van der Waals surface area contributed by atoms with E-state index in [1.807, 2.05) is 36.4 Å². The van der Waals surface area contributed by atoms with Crippen LogP contribution in [0.25, 0.3) is 0 Å². The summed E-state index contributed by atoms with van der Waals surface area (Å²) in [6.07, 6.45) is 0.205. The highest BCUT2D eigenvalue weighted by Gasteiger charge is 2.22. The molecule has 0 spiro atoms. The average molecular weight is 254 g/mol. The van der Waals surface area contributed by atoms with Crippen LogP contribution in [0.1, 0.15) is 12.5 Å². The molecule has 1 atom stereocenters. The Kier molecular flexibility index (Phi) is 3.03. The summed E-state index contributed by atoms with van der Waals surface area (Å²) in [6.45, 7) is 3.85. The smallest absolute Gasteiger partial charge is 0.143 e. The maximum atomic E-state index is 5.86. The van der Waals surface area contributed by atoms with Crippen LogP contribution in [0.15, 0.2) is 48.5 Å². The molecule has 1 aliphatic rings. The zero-order chi connectivity index (χ0) is 13.2. The number of nitrogens with two attached hydrogens (primary N) is 1. The summed E-state index contributed by atoms with van der Waals surface area (Å²) in [4.78, 5) is 2.35. The first-order valence-corrected chi connectivity index (χ1v) is 6.57. The Hall–Kier alpha value is -2.16. The predicted octanol–water partition coefficient (Wildman–Crippen LogP) is 3.06. The lowest BCUT2D eigenvalue weighted by Crippen LogP contribution is -2.37. The summed E-state index contributed by atoms with van der Waals surface area (Å²) >= 11 is 0. The van der Waals surface area contributed by atoms with E-state index in [1.54, 1.807) is 0 Å².